The highest BCUT2D eigenvalue weighted by molar-refractivity contribution is 6.21. The Hall–Kier alpha value is -2.75. The molecule has 1 aliphatic rings. The first-order valence-electron chi connectivity index (χ1n) is 7.22. The van der Waals surface area contributed by atoms with Crippen LogP contribution in [0.15, 0.2) is 59.6 Å². The smallest absolute Gasteiger partial charge is 0.235 e. The predicted octanol–water partition coefficient (Wildman–Crippen LogP) is 3.22. The summed E-state index contributed by atoms with van der Waals surface area (Å²) < 4.78 is 0. The zero-order valence-corrected chi connectivity index (χ0v) is 12.3. The van der Waals surface area contributed by atoms with E-state index in [9.17, 15) is 9.59 Å². The summed E-state index contributed by atoms with van der Waals surface area (Å²) in [7, 11) is 0. The fourth-order valence-corrected chi connectivity index (χ4v) is 2.39. The summed E-state index contributed by atoms with van der Waals surface area (Å²) in [6, 6.07) is 17.0. The number of imide groups is 1. The Morgan fingerprint density at radius 3 is 2.09 bits per heavy atom. The van der Waals surface area contributed by atoms with Crippen molar-refractivity contribution in [3.05, 3.63) is 65.7 Å². The molecule has 110 valence electrons. The van der Waals surface area contributed by atoms with Crippen LogP contribution in [0.4, 0.5) is 5.69 Å². The average Bonchev–Trinajstić information content (AvgIpc) is 2.87. The topological polar surface area (TPSA) is 49.7 Å². The van der Waals surface area contributed by atoms with Crippen LogP contribution in [0.3, 0.4) is 0 Å². The Bertz CT molecular complexity index is 717. The molecule has 4 heteroatoms. The monoisotopic (exact) mass is 292 g/mol. The molecule has 1 fully saturated rings. The van der Waals surface area contributed by atoms with E-state index in [1.807, 2.05) is 61.5 Å². The van der Waals surface area contributed by atoms with Crippen molar-refractivity contribution in [2.24, 2.45) is 4.99 Å². The second kappa shape index (κ2) is 5.93. The van der Waals surface area contributed by atoms with Gasteiger partial charge in [0.25, 0.3) is 0 Å². The van der Waals surface area contributed by atoms with Crippen molar-refractivity contribution in [1.82, 2.24) is 4.90 Å². The number of rotatable bonds is 2. The van der Waals surface area contributed by atoms with E-state index in [-0.39, 0.29) is 24.7 Å². The van der Waals surface area contributed by atoms with E-state index >= 15 is 0 Å². The van der Waals surface area contributed by atoms with Gasteiger partial charge in [0.05, 0.1) is 5.69 Å². The minimum atomic E-state index is -0.195. The number of carbonyl (C=O) groups excluding carboxylic acids is 2. The molecule has 0 spiro atoms. The third-order valence-corrected chi connectivity index (χ3v) is 3.56. The molecule has 2 amide bonds. The van der Waals surface area contributed by atoms with Crippen LogP contribution in [0.5, 0.6) is 0 Å². The van der Waals surface area contributed by atoms with Crippen LogP contribution >= 0.6 is 0 Å². The summed E-state index contributed by atoms with van der Waals surface area (Å²) in [4.78, 5) is 29.9. The number of nitrogens with zero attached hydrogens (tertiary/aromatic N) is 2. The minimum absolute atomic E-state index is 0.195. The van der Waals surface area contributed by atoms with E-state index in [2.05, 4.69) is 4.99 Å². The molecule has 22 heavy (non-hydrogen) atoms. The standard InChI is InChI=1S/C18H16N2O2/c1-13-7-9-15(10-8-13)19-18(14-5-3-2-4-6-14)20-16(21)11-12-17(20)22/h2-10H,11-12H2,1H3. The lowest BCUT2D eigenvalue weighted by atomic mass is 10.2. The molecule has 4 nitrogen and oxygen atoms in total. The summed E-state index contributed by atoms with van der Waals surface area (Å²) in [6.07, 6.45) is 0.497. The Labute approximate surface area is 129 Å². The quantitative estimate of drug-likeness (QED) is 0.485. The maximum atomic E-state index is 12.1. The van der Waals surface area contributed by atoms with E-state index in [1.54, 1.807) is 0 Å². The van der Waals surface area contributed by atoms with E-state index in [1.165, 1.54) is 4.90 Å². The highest BCUT2D eigenvalue weighted by Gasteiger charge is 2.33. The maximum absolute atomic E-state index is 12.1. The highest BCUT2D eigenvalue weighted by atomic mass is 16.2. The molecule has 0 N–H and O–H groups in total. The molecule has 0 saturated carbocycles. The number of amides is 2. The number of hydrogen-bond donors (Lipinski definition) is 0. The maximum Gasteiger partial charge on any atom is 0.235 e. The first kappa shape index (κ1) is 14.2. The van der Waals surface area contributed by atoms with Gasteiger partial charge in [-0.1, -0.05) is 48.0 Å². The zero-order valence-electron chi connectivity index (χ0n) is 12.3. The van der Waals surface area contributed by atoms with Crippen molar-refractivity contribution in [2.75, 3.05) is 0 Å². The van der Waals surface area contributed by atoms with Gasteiger partial charge >= 0.3 is 0 Å². The van der Waals surface area contributed by atoms with Crippen molar-refractivity contribution in [3.8, 4) is 0 Å². The van der Waals surface area contributed by atoms with Gasteiger partial charge in [0.2, 0.25) is 11.8 Å². The summed E-state index contributed by atoms with van der Waals surface area (Å²) in [5.41, 5.74) is 2.61. The SMILES string of the molecule is Cc1ccc(N=C(c2ccccc2)N2C(=O)CCC2=O)cc1. The molecule has 1 heterocycles. The third kappa shape index (κ3) is 2.81. The summed E-state index contributed by atoms with van der Waals surface area (Å²) in [5.74, 6) is 0.0105. The van der Waals surface area contributed by atoms with E-state index in [0.717, 1.165) is 16.8 Å². The van der Waals surface area contributed by atoms with Gasteiger partial charge in [0.1, 0.15) is 5.84 Å². The van der Waals surface area contributed by atoms with Crippen LogP contribution < -0.4 is 0 Å². The number of hydrogen-bond acceptors (Lipinski definition) is 3. The Kier molecular flexibility index (Phi) is 3.83. The molecule has 1 aliphatic heterocycles. The van der Waals surface area contributed by atoms with E-state index in [0.29, 0.717) is 5.84 Å². The predicted molar refractivity (Wildman–Crippen MR) is 84.9 cm³/mol. The average molecular weight is 292 g/mol. The van der Waals surface area contributed by atoms with Crippen molar-refractivity contribution in [3.63, 3.8) is 0 Å². The Morgan fingerprint density at radius 1 is 0.909 bits per heavy atom. The fourth-order valence-electron chi connectivity index (χ4n) is 2.39. The molecular formula is C18H16N2O2. The highest BCUT2D eigenvalue weighted by Crippen LogP contribution is 2.21. The normalized spacial score (nSPS) is 15.5. The molecule has 3 rings (SSSR count). The van der Waals surface area contributed by atoms with Crippen LogP contribution in [-0.4, -0.2) is 22.5 Å². The van der Waals surface area contributed by atoms with Gasteiger partial charge in [-0.2, -0.15) is 0 Å². The molecule has 0 bridgehead atoms. The van der Waals surface area contributed by atoms with Gasteiger partial charge in [-0.25, -0.2) is 9.89 Å². The number of amidine groups is 1. The summed E-state index contributed by atoms with van der Waals surface area (Å²) in [6.45, 7) is 2.00. The van der Waals surface area contributed by atoms with Crippen LogP contribution in [-0.2, 0) is 9.59 Å². The van der Waals surface area contributed by atoms with Crippen LogP contribution in [0.25, 0.3) is 0 Å². The lowest BCUT2D eigenvalue weighted by molar-refractivity contribution is -0.133. The summed E-state index contributed by atoms with van der Waals surface area (Å²) in [5, 5.41) is 0. The van der Waals surface area contributed by atoms with Crippen molar-refractivity contribution < 1.29 is 9.59 Å². The lowest BCUT2D eigenvalue weighted by Crippen LogP contribution is -2.36. The van der Waals surface area contributed by atoms with Crippen molar-refractivity contribution in [2.45, 2.75) is 19.8 Å². The van der Waals surface area contributed by atoms with Gasteiger partial charge in [-0.05, 0) is 19.1 Å². The second-order valence-corrected chi connectivity index (χ2v) is 5.26. The molecule has 0 aliphatic carbocycles. The Balaban J connectivity index is 2.09. The zero-order chi connectivity index (χ0) is 15.5. The van der Waals surface area contributed by atoms with Gasteiger partial charge in [0.15, 0.2) is 0 Å². The number of carbonyl (C=O) groups is 2. The molecular weight excluding hydrogens is 276 g/mol. The van der Waals surface area contributed by atoms with Crippen LogP contribution in [0, 0.1) is 6.92 Å². The van der Waals surface area contributed by atoms with Gasteiger partial charge in [0, 0.05) is 18.4 Å². The number of benzene rings is 2. The first-order valence-corrected chi connectivity index (χ1v) is 7.22. The number of likely N-dealkylation sites (tertiary alicyclic amines) is 1. The number of aliphatic imine (C=N–C) groups is 1. The van der Waals surface area contributed by atoms with Crippen LogP contribution in [0.1, 0.15) is 24.0 Å². The van der Waals surface area contributed by atoms with Crippen LogP contribution in [0.2, 0.25) is 0 Å². The molecule has 0 unspecified atom stereocenters. The van der Waals surface area contributed by atoms with Crippen molar-refractivity contribution >= 4 is 23.3 Å². The van der Waals surface area contributed by atoms with E-state index in [4.69, 9.17) is 0 Å². The largest absolute Gasteiger partial charge is 0.274 e. The molecule has 0 atom stereocenters. The molecule has 0 radical (unpaired) electrons. The summed E-state index contributed by atoms with van der Waals surface area (Å²) >= 11 is 0. The second-order valence-electron chi connectivity index (χ2n) is 5.26. The number of aryl methyl sites for hydroxylation is 1. The van der Waals surface area contributed by atoms with E-state index < -0.39 is 0 Å². The van der Waals surface area contributed by atoms with Gasteiger partial charge in [-0.3, -0.25) is 9.59 Å². The third-order valence-electron chi connectivity index (χ3n) is 3.56. The van der Waals surface area contributed by atoms with Crippen molar-refractivity contribution in [1.29, 1.82) is 0 Å². The lowest BCUT2D eigenvalue weighted by Gasteiger charge is -2.17. The molecule has 2 aromatic rings. The van der Waals surface area contributed by atoms with Gasteiger partial charge < -0.3 is 0 Å². The first-order chi connectivity index (χ1) is 10.6. The molecule has 0 aromatic heterocycles. The Morgan fingerprint density at radius 2 is 1.50 bits per heavy atom. The van der Waals surface area contributed by atoms with Gasteiger partial charge in [-0.15, -0.1) is 0 Å². The molecule has 2 aromatic carbocycles. The fraction of sp³-hybridized carbons (Fsp3) is 0.167. The minimum Gasteiger partial charge on any atom is -0.274 e. The molecule has 1 saturated heterocycles.